The third-order valence-electron chi connectivity index (χ3n) is 8.99. The zero-order valence-electron chi connectivity index (χ0n) is 23.3. The third-order valence-corrected chi connectivity index (χ3v) is 8.99. The number of hydrogen-bond donors (Lipinski definition) is 1. The minimum Gasteiger partial charge on any atom is -0.487 e. The van der Waals surface area contributed by atoms with Crippen LogP contribution in [0.15, 0.2) is 72.9 Å². The Kier molecular flexibility index (Phi) is 6.37. The van der Waals surface area contributed by atoms with Crippen LogP contribution in [-0.2, 0) is 22.6 Å². The summed E-state index contributed by atoms with van der Waals surface area (Å²) in [6.45, 7) is 2.48. The Hall–Kier alpha value is -4.39. The number of nitrogens with zero attached hydrogens (tertiary/aromatic N) is 3. The fourth-order valence-corrected chi connectivity index (χ4v) is 6.64. The van der Waals surface area contributed by atoms with Gasteiger partial charge >= 0.3 is 5.97 Å². The number of hydrogen-bond acceptors (Lipinski definition) is 6. The Bertz CT molecular complexity index is 1760. The second kappa shape index (κ2) is 10.2. The lowest BCUT2D eigenvalue weighted by Gasteiger charge is -2.54. The molecule has 7 rings (SSSR count). The van der Waals surface area contributed by atoms with Gasteiger partial charge in [-0.3, -0.25) is 9.48 Å². The van der Waals surface area contributed by atoms with Crippen molar-refractivity contribution in [1.29, 1.82) is 0 Å². The van der Waals surface area contributed by atoms with Crippen molar-refractivity contribution in [1.82, 2.24) is 14.8 Å². The van der Waals surface area contributed by atoms with Crippen molar-refractivity contribution in [2.45, 2.75) is 58.1 Å². The highest BCUT2D eigenvalue weighted by atomic mass is 16.5. The highest BCUT2D eigenvalue weighted by Gasteiger charge is 2.49. The number of aromatic nitrogens is 3. The number of nitrogens with two attached hydrogens (primary N) is 1. The Morgan fingerprint density at radius 1 is 1.02 bits per heavy atom. The third kappa shape index (κ3) is 4.69. The number of nitrogen functional groups attached to an aromatic ring is 1. The summed E-state index contributed by atoms with van der Waals surface area (Å²) >= 11 is 0. The van der Waals surface area contributed by atoms with Crippen molar-refractivity contribution < 1.29 is 14.3 Å². The van der Waals surface area contributed by atoms with Gasteiger partial charge in [-0.2, -0.15) is 5.10 Å². The van der Waals surface area contributed by atoms with E-state index in [4.69, 9.17) is 20.3 Å². The van der Waals surface area contributed by atoms with Gasteiger partial charge in [0, 0.05) is 22.5 Å². The van der Waals surface area contributed by atoms with Gasteiger partial charge in [0.1, 0.15) is 23.9 Å². The summed E-state index contributed by atoms with van der Waals surface area (Å²) in [6.07, 6.45) is 8.36. The lowest BCUT2D eigenvalue weighted by Crippen LogP contribution is -2.43. The molecule has 2 aliphatic rings. The second-order valence-corrected chi connectivity index (χ2v) is 11.5. The smallest absolute Gasteiger partial charge is 0.310 e. The lowest BCUT2D eigenvalue weighted by molar-refractivity contribution is -0.142. The number of fused-ring (bicyclic) bond motifs is 2. The van der Waals surface area contributed by atoms with Crippen LogP contribution < -0.4 is 10.5 Å². The van der Waals surface area contributed by atoms with Crippen LogP contribution in [-0.4, -0.2) is 27.3 Å². The van der Waals surface area contributed by atoms with Crippen LogP contribution >= 0.6 is 0 Å². The molecule has 0 aliphatic heterocycles. The van der Waals surface area contributed by atoms with Crippen LogP contribution in [0.3, 0.4) is 0 Å². The Labute approximate surface area is 239 Å². The molecule has 2 aliphatic carbocycles. The van der Waals surface area contributed by atoms with E-state index in [2.05, 4.69) is 46.1 Å². The molecule has 2 N–H and O–H groups in total. The van der Waals surface area contributed by atoms with Crippen molar-refractivity contribution in [2.75, 3.05) is 12.3 Å². The number of anilines is 1. The SMILES string of the molecule is CCOC(=O)Cc1ccccc1OCc1nn(C2CC3(CCC3)C2)c2ccc(-c3ccc4ccnc(N)c4c3)cc12. The maximum Gasteiger partial charge on any atom is 0.310 e. The van der Waals surface area contributed by atoms with Crippen LogP contribution in [0.2, 0.25) is 0 Å². The molecule has 2 heterocycles. The van der Waals surface area contributed by atoms with Gasteiger partial charge < -0.3 is 15.2 Å². The monoisotopic (exact) mass is 546 g/mol. The van der Waals surface area contributed by atoms with Gasteiger partial charge in [0.15, 0.2) is 0 Å². The number of para-hydroxylation sites is 1. The summed E-state index contributed by atoms with van der Waals surface area (Å²) in [5.74, 6) is 0.946. The highest BCUT2D eigenvalue weighted by Crippen LogP contribution is 2.60. The molecule has 0 amide bonds. The Morgan fingerprint density at radius 2 is 1.80 bits per heavy atom. The molecular weight excluding hydrogens is 512 g/mol. The maximum absolute atomic E-state index is 12.2. The molecule has 7 nitrogen and oxygen atoms in total. The van der Waals surface area contributed by atoms with Gasteiger partial charge in [0.05, 0.1) is 24.6 Å². The summed E-state index contributed by atoms with van der Waals surface area (Å²) in [4.78, 5) is 16.5. The summed E-state index contributed by atoms with van der Waals surface area (Å²) in [7, 11) is 0. The molecule has 0 atom stereocenters. The molecule has 2 fully saturated rings. The van der Waals surface area contributed by atoms with Gasteiger partial charge in [-0.15, -0.1) is 0 Å². The van der Waals surface area contributed by atoms with Gasteiger partial charge in [0.2, 0.25) is 0 Å². The predicted molar refractivity (Wildman–Crippen MR) is 161 cm³/mol. The van der Waals surface area contributed by atoms with Crippen molar-refractivity contribution in [2.24, 2.45) is 5.41 Å². The Morgan fingerprint density at radius 3 is 2.59 bits per heavy atom. The normalized spacial score (nSPS) is 16.0. The highest BCUT2D eigenvalue weighted by molar-refractivity contribution is 5.95. The second-order valence-electron chi connectivity index (χ2n) is 11.5. The van der Waals surface area contributed by atoms with Crippen LogP contribution in [0, 0.1) is 5.41 Å². The molecular formula is C34H34N4O3. The van der Waals surface area contributed by atoms with Crippen molar-refractivity contribution >= 4 is 33.5 Å². The van der Waals surface area contributed by atoms with Gasteiger partial charge in [-0.05, 0) is 84.9 Å². The quantitative estimate of drug-likeness (QED) is 0.210. The van der Waals surface area contributed by atoms with E-state index in [1.54, 1.807) is 6.20 Å². The van der Waals surface area contributed by atoms with E-state index in [0.29, 0.717) is 36.2 Å². The van der Waals surface area contributed by atoms with Gasteiger partial charge in [-0.25, -0.2) is 4.98 Å². The van der Waals surface area contributed by atoms with E-state index in [0.717, 1.165) is 44.1 Å². The molecule has 7 heteroatoms. The molecule has 0 saturated heterocycles. The van der Waals surface area contributed by atoms with E-state index < -0.39 is 0 Å². The number of esters is 1. The Balaban J connectivity index is 1.24. The van der Waals surface area contributed by atoms with E-state index in [1.165, 1.54) is 32.1 Å². The van der Waals surface area contributed by atoms with Gasteiger partial charge in [-0.1, -0.05) is 42.8 Å². The maximum atomic E-state index is 12.2. The standard InChI is InChI=1S/C34H34N4O3/c1-2-40-32(39)18-25-6-3-4-7-31(25)41-21-29-28-17-24(23-9-8-22-12-15-36-33(35)27(22)16-23)10-11-30(28)38(37-29)26-19-34(20-26)13-5-14-34/h3-4,6-12,15-17,26H,2,5,13-14,18-21H2,1H3,(H2,35,36). The topological polar surface area (TPSA) is 92.3 Å². The average Bonchev–Trinajstić information content (AvgIpc) is 3.29. The lowest BCUT2D eigenvalue weighted by atomic mass is 9.54. The number of benzene rings is 3. The molecule has 41 heavy (non-hydrogen) atoms. The molecule has 0 radical (unpaired) electrons. The summed E-state index contributed by atoms with van der Waals surface area (Å²) < 4.78 is 13.7. The van der Waals surface area contributed by atoms with E-state index in [1.807, 2.05) is 37.3 Å². The first-order valence-corrected chi connectivity index (χ1v) is 14.5. The number of carbonyl (C=O) groups is 1. The molecule has 1 spiro atoms. The van der Waals surface area contributed by atoms with E-state index in [9.17, 15) is 4.79 Å². The zero-order valence-corrected chi connectivity index (χ0v) is 23.3. The number of carbonyl (C=O) groups excluding carboxylic acids is 1. The minimum atomic E-state index is -0.260. The molecule has 2 saturated carbocycles. The number of ether oxygens (including phenoxy) is 2. The van der Waals surface area contributed by atoms with Crippen LogP contribution in [0.4, 0.5) is 5.82 Å². The molecule has 2 aromatic heterocycles. The van der Waals surface area contributed by atoms with Gasteiger partial charge in [0.25, 0.3) is 0 Å². The summed E-state index contributed by atoms with van der Waals surface area (Å²) in [5.41, 5.74) is 11.8. The van der Waals surface area contributed by atoms with Crippen molar-refractivity contribution in [3.63, 3.8) is 0 Å². The molecule has 5 aromatic rings. The minimum absolute atomic E-state index is 0.174. The van der Waals surface area contributed by atoms with Crippen molar-refractivity contribution in [3.8, 4) is 16.9 Å². The first-order chi connectivity index (χ1) is 20.0. The fourth-order valence-electron chi connectivity index (χ4n) is 6.64. The summed E-state index contributed by atoms with van der Waals surface area (Å²) in [5, 5.41) is 8.24. The number of rotatable bonds is 8. The first kappa shape index (κ1) is 25.6. The fraction of sp³-hybridized carbons (Fsp3) is 0.324. The molecule has 0 unspecified atom stereocenters. The predicted octanol–water partition coefficient (Wildman–Crippen LogP) is 7.02. The largest absolute Gasteiger partial charge is 0.487 e. The molecule has 0 bridgehead atoms. The van der Waals surface area contributed by atoms with Crippen LogP contribution in [0.1, 0.15) is 56.3 Å². The molecule has 208 valence electrons. The van der Waals surface area contributed by atoms with Crippen molar-refractivity contribution in [3.05, 3.63) is 84.2 Å². The summed E-state index contributed by atoms with van der Waals surface area (Å²) in [6, 6.07) is 22.9. The van der Waals surface area contributed by atoms with E-state index in [-0.39, 0.29) is 12.4 Å². The molecule has 3 aromatic carbocycles. The average molecular weight is 547 g/mol. The van der Waals surface area contributed by atoms with Crippen LogP contribution in [0.25, 0.3) is 32.8 Å². The zero-order chi connectivity index (χ0) is 28.0. The van der Waals surface area contributed by atoms with E-state index >= 15 is 0 Å². The van der Waals surface area contributed by atoms with Crippen LogP contribution in [0.5, 0.6) is 5.75 Å². The first-order valence-electron chi connectivity index (χ1n) is 14.5. The number of pyridine rings is 1.